The van der Waals surface area contributed by atoms with Gasteiger partial charge in [-0.2, -0.15) is 0 Å². The molecule has 1 rings (SSSR count). The van der Waals surface area contributed by atoms with E-state index in [1.54, 1.807) is 0 Å². The second-order valence-corrected chi connectivity index (χ2v) is 5.83. The predicted octanol–water partition coefficient (Wildman–Crippen LogP) is 4.09. The average Bonchev–Trinajstić information content (AvgIpc) is 2.65. The molecule has 0 N–H and O–H groups in total. The van der Waals surface area contributed by atoms with Gasteiger partial charge < -0.3 is 4.57 Å². The van der Waals surface area contributed by atoms with E-state index in [0.29, 0.717) is 4.58 Å². The van der Waals surface area contributed by atoms with Crippen LogP contribution in [0.4, 0.5) is 0 Å². The first-order valence-electron chi connectivity index (χ1n) is 4.86. The highest BCUT2D eigenvalue weighted by atomic mass is 32.2. The van der Waals surface area contributed by atoms with Gasteiger partial charge in [-0.1, -0.05) is 20.4 Å². The van der Waals surface area contributed by atoms with Gasteiger partial charge in [0.2, 0.25) is 0 Å². The summed E-state index contributed by atoms with van der Waals surface area (Å²) in [6, 6.07) is 4.26. The van der Waals surface area contributed by atoms with E-state index in [1.807, 2.05) is 29.7 Å². The van der Waals surface area contributed by atoms with Gasteiger partial charge in [-0.15, -0.1) is 23.5 Å². The number of thioether (sulfide) groups is 2. The van der Waals surface area contributed by atoms with Gasteiger partial charge in [-0.25, -0.2) is 0 Å². The van der Waals surface area contributed by atoms with Crippen LogP contribution in [0.1, 0.15) is 24.1 Å². The molecule has 1 aromatic heterocycles. The van der Waals surface area contributed by atoms with Gasteiger partial charge in [0, 0.05) is 18.1 Å². The Kier molecular flexibility index (Phi) is 5.26. The summed E-state index contributed by atoms with van der Waals surface area (Å²) in [5, 5.41) is 0. The molecule has 78 valence electrons. The summed E-state index contributed by atoms with van der Waals surface area (Å²) in [6.45, 7) is 8.22. The predicted molar refractivity (Wildman–Crippen MR) is 69.8 cm³/mol. The average molecular weight is 227 g/mol. The highest BCUT2D eigenvalue weighted by Crippen LogP contribution is 2.39. The van der Waals surface area contributed by atoms with E-state index < -0.39 is 0 Å². The van der Waals surface area contributed by atoms with E-state index >= 15 is 0 Å². The quantitative estimate of drug-likeness (QED) is 0.674. The van der Waals surface area contributed by atoms with E-state index in [0.717, 1.165) is 11.5 Å². The Balaban J connectivity index is 2.80. The van der Waals surface area contributed by atoms with E-state index in [-0.39, 0.29) is 0 Å². The second kappa shape index (κ2) is 6.25. The zero-order valence-electron chi connectivity index (χ0n) is 8.77. The number of hydrogen-bond acceptors (Lipinski definition) is 2. The van der Waals surface area contributed by atoms with Crippen LogP contribution in [0.5, 0.6) is 0 Å². The Hall–Kier alpha value is -0.280. The monoisotopic (exact) mass is 227 g/mol. The highest BCUT2D eigenvalue weighted by Gasteiger charge is 2.13. The minimum Gasteiger partial charge on any atom is -0.326 e. The van der Waals surface area contributed by atoms with Gasteiger partial charge in [0.15, 0.2) is 0 Å². The van der Waals surface area contributed by atoms with Crippen LogP contribution in [0.2, 0.25) is 0 Å². The van der Waals surface area contributed by atoms with Crippen LogP contribution in [0, 0.1) is 0 Å². The lowest BCUT2D eigenvalue weighted by molar-refractivity contribution is 1.06. The molecular weight excluding hydrogens is 210 g/mol. The summed E-state index contributed by atoms with van der Waals surface area (Å²) >= 11 is 3.97. The van der Waals surface area contributed by atoms with Crippen molar-refractivity contribution in [2.75, 3.05) is 11.5 Å². The van der Waals surface area contributed by atoms with Crippen molar-refractivity contribution in [3.63, 3.8) is 0 Å². The Labute approximate surface area is 95.0 Å². The summed E-state index contributed by atoms with van der Waals surface area (Å²) < 4.78 is 2.65. The first kappa shape index (κ1) is 11.8. The van der Waals surface area contributed by atoms with E-state index in [1.165, 1.54) is 5.69 Å². The van der Waals surface area contributed by atoms with Crippen molar-refractivity contribution in [1.29, 1.82) is 0 Å². The maximum atomic E-state index is 3.81. The van der Waals surface area contributed by atoms with Gasteiger partial charge >= 0.3 is 0 Å². The van der Waals surface area contributed by atoms with Crippen LogP contribution in [0.25, 0.3) is 6.20 Å². The molecule has 14 heavy (non-hydrogen) atoms. The van der Waals surface area contributed by atoms with Crippen LogP contribution < -0.4 is 0 Å². The molecule has 0 aliphatic rings. The molecule has 0 spiro atoms. The standard InChI is InChI=1S/C11H17NS2/c1-4-12-9-7-8-10(12)11(13-5-2)14-6-3/h4,7-9,11H,1,5-6H2,2-3H3. The van der Waals surface area contributed by atoms with Gasteiger partial charge in [0.05, 0.1) is 4.58 Å². The third kappa shape index (κ3) is 2.85. The first-order valence-corrected chi connectivity index (χ1v) is 6.95. The normalized spacial score (nSPS) is 10.8. The SMILES string of the molecule is C=Cn1cccc1C(SCC)SCC. The molecule has 1 aromatic rings. The number of rotatable bonds is 6. The van der Waals surface area contributed by atoms with Crippen LogP contribution >= 0.6 is 23.5 Å². The molecule has 0 aromatic carbocycles. The van der Waals surface area contributed by atoms with E-state index in [9.17, 15) is 0 Å². The summed E-state index contributed by atoms with van der Waals surface area (Å²) in [6.07, 6.45) is 3.93. The Morgan fingerprint density at radius 3 is 2.57 bits per heavy atom. The number of hydrogen-bond donors (Lipinski definition) is 0. The second-order valence-electron chi connectivity index (χ2n) is 2.77. The summed E-state index contributed by atoms with van der Waals surface area (Å²) in [5.41, 5.74) is 1.35. The maximum absolute atomic E-state index is 3.81. The minimum atomic E-state index is 0.540. The van der Waals surface area contributed by atoms with Gasteiger partial charge in [0.25, 0.3) is 0 Å². The van der Waals surface area contributed by atoms with Gasteiger partial charge in [-0.05, 0) is 23.6 Å². The lowest BCUT2D eigenvalue weighted by atomic mass is 10.5. The van der Waals surface area contributed by atoms with Crippen LogP contribution in [0.15, 0.2) is 24.9 Å². The van der Waals surface area contributed by atoms with Crippen LogP contribution in [-0.2, 0) is 0 Å². The van der Waals surface area contributed by atoms with Crippen molar-refractivity contribution < 1.29 is 0 Å². The van der Waals surface area contributed by atoms with Crippen molar-refractivity contribution in [2.45, 2.75) is 18.4 Å². The molecule has 0 radical (unpaired) electrons. The van der Waals surface area contributed by atoms with Crippen LogP contribution in [-0.4, -0.2) is 16.1 Å². The topological polar surface area (TPSA) is 4.93 Å². The zero-order valence-corrected chi connectivity index (χ0v) is 10.4. The third-order valence-electron chi connectivity index (χ3n) is 1.89. The lowest BCUT2D eigenvalue weighted by Crippen LogP contribution is -1.97. The largest absolute Gasteiger partial charge is 0.326 e. The fourth-order valence-electron chi connectivity index (χ4n) is 1.29. The molecule has 0 saturated heterocycles. The Morgan fingerprint density at radius 2 is 2.07 bits per heavy atom. The Bertz CT molecular complexity index is 275. The molecule has 0 bridgehead atoms. The summed E-state index contributed by atoms with van der Waals surface area (Å²) in [5.74, 6) is 2.31. The molecule has 1 nitrogen and oxygen atoms in total. The Morgan fingerprint density at radius 1 is 1.43 bits per heavy atom. The third-order valence-corrected chi connectivity index (χ3v) is 4.46. The minimum absolute atomic E-state index is 0.540. The summed E-state index contributed by atoms with van der Waals surface area (Å²) in [4.78, 5) is 0. The maximum Gasteiger partial charge on any atom is 0.0905 e. The van der Waals surface area contributed by atoms with Crippen molar-refractivity contribution in [3.05, 3.63) is 30.6 Å². The van der Waals surface area contributed by atoms with E-state index in [4.69, 9.17) is 0 Å². The molecule has 3 heteroatoms. The molecule has 0 saturated carbocycles. The number of aromatic nitrogens is 1. The lowest BCUT2D eigenvalue weighted by Gasteiger charge is -2.15. The zero-order chi connectivity index (χ0) is 10.4. The van der Waals surface area contributed by atoms with Gasteiger partial charge in [0.1, 0.15) is 0 Å². The molecule has 1 heterocycles. The smallest absolute Gasteiger partial charge is 0.0905 e. The highest BCUT2D eigenvalue weighted by molar-refractivity contribution is 8.16. The van der Waals surface area contributed by atoms with Crippen LogP contribution in [0.3, 0.4) is 0 Å². The molecule has 0 unspecified atom stereocenters. The molecule has 0 atom stereocenters. The molecule has 0 aliphatic heterocycles. The fourth-order valence-corrected chi connectivity index (χ4v) is 3.84. The first-order chi connectivity index (χ1) is 6.83. The molecular formula is C11H17NS2. The molecule has 0 fully saturated rings. The van der Waals surface area contributed by atoms with Gasteiger partial charge in [-0.3, -0.25) is 0 Å². The van der Waals surface area contributed by atoms with Crippen molar-refractivity contribution >= 4 is 29.7 Å². The summed E-state index contributed by atoms with van der Waals surface area (Å²) in [7, 11) is 0. The van der Waals surface area contributed by atoms with Crippen molar-refractivity contribution in [1.82, 2.24) is 4.57 Å². The van der Waals surface area contributed by atoms with Crippen molar-refractivity contribution in [3.8, 4) is 0 Å². The fraction of sp³-hybridized carbons (Fsp3) is 0.455. The van der Waals surface area contributed by atoms with Crippen molar-refractivity contribution in [2.24, 2.45) is 0 Å². The molecule has 0 amide bonds. The van der Waals surface area contributed by atoms with E-state index in [2.05, 4.69) is 43.3 Å². The number of nitrogens with zero attached hydrogens (tertiary/aromatic N) is 1. The molecule has 0 aliphatic carbocycles.